The smallest absolute Gasteiger partial charge is 0.147 e. The van der Waals surface area contributed by atoms with Gasteiger partial charge in [0.25, 0.3) is 0 Å². The second-order valence-electron chi connectivity index (χ2n) is 4.91. The third-order valence-electron chi connectivity index (χ3n) is 3.47. The van der Waals surface area contributed by atoms with Crippen LogP contribution < -0.4 is 5.73 Å². The fourth-order valence-corrected chi connectivity index (χ4v) is 3.03. The number of halogens is 2. The lowest BCUT2D eigenvalue weighted by molar-refractivity contribution is -0.105. The quantitative estimate of drug-likeness (QED) is 0.680. The molecule has 0 aromatic heterocycles. The van der Waals surface area contributed by atoms with Crippen LogP contribution in [0.2, 0.25) is 5.02 Å². The zero-order valence-electron chi connectivity index (χ0n) is 11.9. The highest BCUT2D eigenvalue weighted by Gasteiger charge is 2.24. The molecule has 3 nitrogen and oxygen atoms in total. The van der Waals surface area contributed by atoms with Crippen LogP contribution in [0.5, 0.6) is 0 Å². The molecule has 0 radical (unpaired) electrons. The number of carbonyl (C=O) groups is 1. The predicted molar refractivity (Wildman–Crippen MR) is 88.0 cm³/mol. The zero-order valence-corrected chi connectivity index (χ0v) is 13.4. The lowest BCUT2D eigenvalue weighted by atomic mass is 9.91. The third kappa shape index (κ3) is 3.04. The van der Waals surface area contributed by atoms with Crippen molar-refractivity contribution in [3.8, 4) is 0 Å². The summed E-state index contributed by atoms with van der Waals surface area (Å²) >= 11 is 12.7. The molecule has 2 N–H and O–H groups in total. The Morgan fingerprint density at radius 1 is 1.33 bits per heavy atom. The van der Waals surface area contributed by atoms with Crippen LogP contribution in [-0.2, 0) is 4.79 Å². The van der Waals surface area contributed by atoms with E-state index >= 15 is 0 Å². The fourth-order valence-electron chi connectivity index (χ4n) is 2.35. The van der Waals surface area contributed by atoms with E-state index in [0.717, 1.165) is 17.4 Å². The van der Waals surface area contributed by atoms with Crippen LogP contribution in [0.3, 0.4) is 0 Å². The van der Waals surface area contributed by atoms with Gasteiger partial charge in [0.05, 0.1) is 15.8 Å². The molecule has 21 heavy (non-hydrogen) atoms. The van der Waals surface area contributed by atoms with E-state index in [1.54, 1.807) is 7.05 Å². The Hall–Kier alpha value is -1.58. The van der Waals surface area contributed by atoms with E-state index in [9.17, 15) is 4.79 Å². The second kappa shape index (κ2) is 6.46. The SMILES string of the molecule is CN=C(C1=C(N)CCC(C=O)=C1Cl)c1ccc(C)cc1Cl. The molecule has 2 rings (SSSR count). The van der Waals surface area contributed by atoms with Gasteiger partial charge in [0.15, 0.2) is 0 Å². The van der Waals surface area contributed by atoms with Gasteiger partial charge in [-0.25, -0.2) is 0 Å². The third-order valence-corrected chi connectivity index (χ3v) is 4.21. The van der Waals surface area contributed by atoms with Gasteiger partial charge in [0.1, 0.15) is 6.29 Å². The van der Waals surface area contributed by atoms with Crippen molar-refractivity contribution >= 4 is 35.2 Å². The number of hydrogen-bond donors (Lipinski definition) is 1. The Morgan fingerprint density at radius 2 is 2.05 bits per heavy atom. The van der Waals surface area contributed by atoms with Crippen molar-refractivity contribution < 1.29 is 4.79 Å². The number of carbonyl (C=O) groups excluding carboxylic acids is 1. The van der Waals surface area contributed by atoms with Gasteiger partial charge in [-0.3, -0.25) is 9.79 Å². The molecule has 1 aliphatic carbocycles. The first-order valence-electron chi connectivity index (χ1n) is 6.56. The van der Waals surface area contributed by atoms with Crippen LogP contribution in [0.25, 0.3) is 0 Å². The molecule has 0 atom stereocenters. The van der Waals surface area contributed by atoms with E-state index in [1.807, 2.05) is 25.1 Å². The van der Waals surface area contributed by atoms with Crippen LogP contribution in [0.4, 0.5) is 0 Å². The van der Waals surface area contributed by atoms with Gasteiger partial charge in [0.2, 0.25) is 0 Å². The zero-order chi connectivity index (χ0) is 15.6. The first-order valence-corrected chi connectivity index (χ1v) is 7.31. The maximum absolute atomic E-state index is 11.1. The first kappa shape index (κ1) is 15.8. The lowest BCUT2D eigenvalue weighted by Gasteiger charge is -2.21. The summed E-state index contributed by atoms with van der Waals surface area (Å²) in [6.45, 7) is 1.96. The highest BCUT2D eigenvalue weighted by molar-refractivity contribution is 6.41. The Kier molecular flexibility index (Phi) is 4.86. The summed E-state index contributed by atoms with van der Waals surface area (Å²) in [5.74, 6) is 0. The number of rotatable bonds is 3. The lowest BCUT2D eigenvalue weighted by Crippen LogP contribution is -2.18. The number of hydrogen-bond acceptors (Lipinski definition) is 3. The van der Waals surface area contributed by atoms with Crippen molar-refractivity contribution in [3.63, 3.8) is 0 Å². The van der Waals surface area contributed by atoms with E-state index in [0.29, 0.717) is 45.5 Å². The number of aliphatic imine (C=N–C) groups is 1. The maximum atomic E-state index is 11.1. The van der Waals surface area contributed by atoms with Crippen LogP contribution in [0, 0.1) is 6.92 Å². The minimum absolute atomic E-state index is 0.367. The van der Waals surface area contributed by atoms with Crippen molar-refractivity contribution in [2.75, 3.05) is 7.05 Å². The molecular weight excluding hydrogens is 307 g/mol. The van der Waals surface area contributed by atoms with Crippen LogP contribution in [-0.4, -0.2) is 19.0 Å². The summed E-state index contributed by atoms with van der Waals surface area (Å²) in [5.41, 5.74) is 10.3. The number of allylic oxidation sites excluding steroid dienone is 4. The summed E-state index contributed by atoms with van der Waals surface area (Å²) < 4.78 is 0. The standard InChI is InChI=1S/C16H16Cl2N2O/c1-9-3-5-11(12(17)7-9)16(20-2)14-13(19)6-4-10(8-21)15(14)18/h3,5,7-8H,4,6,19H2,1-2H3. The molecule has 0 aliphatic heterocycles. The molecule has 0 heterocycles. The van der Waals surface area contributed by atoms with E-state index in [1.165, 1.54) is 0 Å². The summed E-state index contributed by atoms with van der Waals surface area (Å²) in [6.07, 6.45) is 1.91. The summed E-state index contributed by atoms with van der Waals surface area (Å²) in [6, 6.07) is 5.70. The van der Waals surface area contributed by atoms with Crippen LogP contribution in [0.15, 0.2) is 45.1 Å². The molecule has 0 bridgehead atoms. The molecule has 0 amide bonds. The minimum Gasteiger partial charge on any atom is -0.401 e. The van der Waals surface area contributed by atoms with E-state index in [4.69, 9.17) is 28.9 Å². The van der Waals surface area contributed by atoms with Crippen molar-refractivity contribution in [2.24, 2.45) is 10.7 Å². The minimum atomic E-state index is 0.367. The van der Waals surface area contributed by atoms with Gasteiger partial charge in [-0.05, 0) is 31.4 Å². The maximum Gasteiger partial charge on any atom is 0.147 e. The molecule has 0 saturated heterocycles. The number of benzene rings is 1. The summed E-state index contributed by atoms with van der Waals surface area (Å²) in [7, 11) is 1.66. The van der Waals surface area contributed by atoms with E-state index < -0.39 is 0 Å². The van der Waals surface area contributed by atoms with Crippen LogP contribution >= 0.6 is 23.2 Å². The molecule has 5 heteroatoms. The largest absolute Gasteiger partial charge is 0.401 e. The van der Waals surface area contributed by atoms with Gasteiger partial charge in [0, 0.05) is 29.5 Å². The van der Waals surface area contributed by atoms with Crippen molar-refractivity contribution in [2.45, 2.75) is 19.8 Å². The molecule has 1 aromatic rings. The molecule has 0 spiro atoms. The highest BCUT2D eigenvalue weighted by Crippen LogP contribution is 2.34. The van der Waals surface area contributed by atoms with E-state index in [-0.39, 0.29) is 0 Å². The summed E-state index contributed by atoms with van der Waals surface area (Å²) in [5, 5.41) is 0.949. The molecule has 0 unspecified atom stereocenters. The predicted octanol–water partition coefficient (Wildman–Crippen LogP) is 3.77. The van der Waals surface area contributed by atoms with E-state index in [2.05, 4.69) is 4.99 Å². The van der Waals surface area contributed by atoms with Gasteiger partial charge < -0.3 is 5.73 Å². The average molecular weight is 323 g/mol. The Labute approximate surface area is 134 Å². The highest BCUT2D eigenvalue weighted by atomic mass is 35.5. The molecular formula is C16H16Cl2N2O. The van der Waals surface area contributed by atoms with Gasteiger partial charge >= 0.3 is 0 Å². The molecule has 0 saturated carbocycles. The molecule has 0 fully saturated rings. The Morgan fingerprint density at radius 3 is 2.62 bits per heavy atom. The Bertz CT molecular complexity index is 688. The number of aryl methyl sites for hydroxylation is 1. The average Bonchev–Trinajstić information content (AvgIpc) is 2.44. The van der Waals surface area contributed by atoms with Crippen LogP contribution in [0.1, 0.15) is 24.0 Å². The van der Waals surface area contributed by atoms with Gasteiger partial charge in [-0.15, -0.1) is 0 Å². The second-order valence-corrected chi connectivity index (χ2v) is 5.70. The molecule has 1 aliphatic rings. The Balaban J connectivity index is 2.61. The van der Waals surface area contributed by atoms with Gasteiger partial charge in [-0.1, -0.05) is 35.3 Å². The van der Waals surface area contributed by atoms with Gasteiger partial charge in [-0.2, -0.15) is 0 Å². The number of aldehydes is 1. The first-order chi connectivity index (χ1) is 9.99. The fraction of sp³-hybridized carbons (Fsp3) is 0.250. The molecule has 1 aromatic carbocycles. The number of nitrogens with zero attached hydrogens (tertiary/aromatic N) is 1. The normalized spacial score (nSPS) is 16.5. The summed E-state index contributed by atoms with van der Waals surface area (Å²) in [4.78, 5) is 15.4. The monoisotopic (exact) mass is 322 g/mol. The van der Waals surface area contributed by atoms with Crippen molar-refractivity contribution in [3.05, 3.63) is 56.2 Å². The number of nitrogens with two attached hydrogens (primary N) is 1. The van der Waals surface area contributed by atoms with Crippen molar-refractivity contribution in [1.29, 1.82) is 0 Å². The molecule has 110 valence electrons. The topological polar surface area (TPSA) is 55.4 Å². The van der Waals surface area contributed by atoms with Crippen molar-refractivity contribution in [1.82, 2.24) is 0 Å².